The molecule has 1 aliphatic heterocycles. The van der Waals surface area contributed by atoms with Gasteiger partial charge in [-0.25, -0.2) is 4.39 Å². The molecule has 0 saturated heterocycles. The molecular formula is C13H19FN2. The summed E-state index contributed by atoms with van der Waals surface area (Å²) in [5.41, 5.74) is 1.98. The van der Waals surface area contributed by atoms with Crippen LogP contribution in [0.3, 0.4) is 0 Å². The van der Waals surface area contributed by atoms with Crippen LogP contribution in [0.25, 0.3) is 0 Å². The minimum Gasteiger partial charge on any atom is -0.313 e. The summed E-state index contributed by atoms with van der Waals surface area (Å²) in [6.45, 7) is 5.85. The summed E-state index contributed by atoms with van der Waals surface area (Å²) in [6, 6.07) is 6.27. The van der Waals surface area contributed by atoms with E-state index < -0.39 is 0 Å². The van der Waals surface area contributed by atoms with Gasteiger partial charge >= 0.3 is 0 Å². The van der Waals surface area contributed by atoms with Crippen molar-refractivity contribution in [3.05, 3.63) is 35.1 Å². The van der Waals surface area contributed by atoms with Gasteiger partial charge in [0, 0.05) is 30.7 Å². The number of hydrogen-bond donors (Lipinski definition) is 2. The van der Waals surface area contributed by atoms with Gasteiger partial charge in [-0.1, -0.05) is 26.0 Å². The van der Waals surface area contributed by atoms with Crippen molar-refractivity contribution < 1.29 is 4.39 Å². The zero-order valence-corrected chi connectivity index (χ0v) is 9.89. The van der Waals surface area contributed by atoms with Crippen molar-refractivity contribution in [3.63, 3.8) is 0 Å². The lowest BCUT2D eigenvalue weighted by molar-refractivity contribution is 0.421. The SMILES string of the molecule is CC(C)NCC1Cc2cccc(F)c2CN1. The zero-order valence-electron chi connectivity index (χ0n) is 9.89. The Kier molecular flexibility index (Phi) is 3.56. The molecule has 0 radical (unpaired) electrons. The first-order valence-electron chi connectivity index (χ1n) is 5.90. The molecule has 0 bridgehead atoms. The van der Waals surface area contributed by atoms with Crippen LogP contribution in [-0.2, 0) is 13.0 Å². The minimum absolute atomic E-state index is 0.0831. The second-order valence-electron chi connectivity index (χ2n) is 4.72. The summed E-state index contributed by atoms with van der Waals surface area (Å²) in [7, 11) is 0. The molecule has 2 nitrogen and oxygen atoms in total. The Bertz CT molecular complexity index is 363. The highest BCUT2D eigenvalue weighted by molar-refractivity contribution is 5.31. The Morgan fingerprint density at radius 3 is 3.06 bits per heavy atom. The predicted octanol–water partition coefficient (Wildman–Crippen LogP) is 1.84. The first-order chi connectivity index (χ1) is 7.66. The van der Waals surface area contributed by atoms with Crippen molar-refractivity contribution in [2.75, 3.05) is 6.54 Å². The van der Waals surface area contributed by atoms with E-state index in [1.165, 1.54) is 6.07 Å². The van der Waals surface area contributed by atoms with E-state index in [1.807, 2.05) is 6.07 Å². The van der Waals surface area contributed by atoms with Gasteiger partial charge in [-0.3, -0.25) is 0 Å². The average molecular weight is 222 g/mol. The molecule has 0 fully saturated rings. The molecule has 2 rings (SSSR count). The van der Waals surface area contributed by atoms with Gasteiger partial charge in [0.2, 0.25) is 0 Å². The van der Waals surface area contributed by atoms with Crippen LogP contribution in [0.2, 0.25) is 0 Å². The average Bonchev–Trinajstić information content (AvgIpc) is 2.26. The summed E-state index contributed by atoms with van der Waals surface area (Å²) in [6.07, 6.45) is 0.910. The van der Waals surface area contributed by atoms with Gasteiger partial charge in [0.05, 0.1) is 0 Å². The maximum atomic E-state index is 13.5. The Labute approximate surface area is 96.2 Å². The van der Waals surface area contributed by atoms with Crippen molar-refractivity contribution in [1.82, 2.24) is 10.6 Å². The monoisotopic (exact) mass is 222 g/mol. The minimum atomic E-state index is -0.0831. The van der Waals surface area contributed by atoms with Crippen LogP contribution in [0, 0.1) is 5.82 Å². The van der Waals surface area contributed by atoms with E-state index in [0.29, 0.717) is 18.6 Å². The second-order valence-corrected chi connectivity index (χ2v) is 4.72. The number of nitrogens with one attached hydrogen (secondary N) is 2. The van der Waals surface area contributed by atoms with Crippen LogP contribution in [0.1, 0.15) is 25.0 Å². The third-order valence-electron chi connectivity index (χ3n) is 3.02. The van der Waals surface area contributed by atoms with E-state index in [1.54, 1.807) is 6.07 Å². The van der Waals surface area contributed by atoms with Crippen LogP contribution in [-0.4, -0.2) is 18.6 Å². The normalized spacial score (nSPS) is 19.9. The quantitative estimate of drug-likeness (QED) is 0.815. The highest BCUT2D eigenvalue weighted by atomic mass is 19.1. The van der Waals surface area contributed by atoms with E-state index in [-0.39, 0.29) is 5.82 Å². The van der Waals surface area contributed by atoms with Crippen LogP contribution < -0.4 is 10.6 Å². The molecular weight excluding hydrogens is 203 g/mol. The summed E-state index contributed by atoms with van der Waals surface area (Å²) >= 11 is 0. The van der Waals surface area contributed by atoms with Crippen molar-refractivity contribution in [3.8, 4) is 0 Å². The first kappa shape index (κ1) is 11.6. The maximum Gasteiger partial charge on any atom is 0.127 e. The van der Waals surface area contributed by atoms with Crippen LogP contribution in [0.15, 0.2) is 18.2 Å². The Morgan fingerprint density at radius 1 is 1.50 bits per heavy atom. The molecule has 1 heterocycles. The van der Waals surface area contributed by atoms with Crippen LogP contribution in [0.4, 0.5) is 4.39 Å². The summed E-state index contributed by atoms with van der Waals surface area (Å²) in [5.74, 6) is -0.0831. The van der Waals surface area contributed by atoms with E-state index in [0.717, 1.165) is 24.1 Å². The molecule has 0 aromatic heterocycles. The fourth-order valence-corrected chi connectivity index (χ4v) is 2.10. The summed E-state index contributed by atoms with van der Waals surface area (Å²) in [5, 5.41) is 6.77. The smallest absolute Gasteiger partial charge is 0.127 e. The van der Waals surface area contributed by atoms with E-state index in [9.17, 15) is 4.39 Å². The van der Waals surface area contributed by atoms with Crippen molar-refractivity contribution in [2.45, 2.75) is 38.9 Å². The predicted molar refractivity (Wildman–Crippen MR) is 63.9 cm³/mol. The number of fused-ring (bicyclic) bond motifs is 1. The number of halogens is 1. The van der Waals surface area contributed by atoms with Gasteiger partial charge in [0.25, 0.3) is 0 Å². The molecule has 0 aliphatic carbocycles. The van der Waals surface area contributed by atoms with Gasteiger partial charge in [-0.05, 0) is 18.1 Å². The largest absolute Gasteiger partial charge is 0.313 e. The van der Waals surface area contributed by atoms with Crippen LogP contribution in [0.5, 0.6) is 0 Å². The van der Waals surface area contributed by atoms with E-state index in [2.05, 4.69) is 24.5 Å². The fraction of sp³-hybridized carbons (Fsp3) is 0.538. The Balaban J connectivity index is 2.01. The molecule has 16 heavy (non-hydrogen) atoms. The summed E-state index contributed by atoms with van der Waals surface area (Å²) in [4.78, 5) is 0. The molecule has 2 N–H and O–H groups in total. The number of benzene rings is 1. The highest BCUT2D eigenvalue weighted by Gasteiger charge is 2.19. The standard InChI is InChI=1S/C13H19FN2/c1-9(2)15-7-11-6-10-4-3-5-13(14)12(10)8-16-11/h3-5,9,11,15-16H,6-8H2,1-2H3. The second kappa shape index (κ2) is 4.93. The fourth-order valence-electron chi connectivity index (χ4n) is 2.10. The third kappa shape index (κ3) is 2.60. The van der Waals surface area contributed by atoms with E-state index in [4.69, 9.17) is 0 Å². The van der Waals surface area contributed by atoms with Gasteiger partial charge in [-0.15, -0.1) is 0 Å². The molecule has 1 aliphatic rings. The molecule has 1 aromatic carbocycles. The topological polar surface area (TPSA) is 24.1 Å². The van der Waals surface area contributed by atoms with Crippen molar-refractivity contribution in [2.24, 2.45) is 0 Å². The number of rotatable bonds is 3. The zero-order chi connectivity index (χ0) is 11.5. The maximum absolute atomic E-state index is 13.5. The molecule has 1 aromatic rings. The highest BCUT2D eigenvalue weighted by Crippen LogP contribution is 2.19. The molecule has 0 saturated carbocycles. The Morgan fingerprint density at radius 2 is 2.31 bits per heavy atom. The first-order valence-corrected chi connectivity index (χ1v) is 5.90. The lowest BCUT2D eigenvalue weighted by Crippen LogP contribution is -2.44. The van der Waals surface area contributed by atoms with Crippen molar-refractivity contribution >= 4 is 0 Å². The molecule has 0 spiro atoms. The van der Waals surface area contributed by atoms with E-state index >= 15 is 0 Å². The summed E-state index contributed by atoms with van der Waals surface area (Å²) < 4.78 is 13.5. The lowest BCUT2D eigenvalue weighted by Gasteiger charge is -2.27. The van der Waals surface area contributed by atoms with Gasteiger partial charge in [0.1, 0.15) is 5.82 Å². The van der Waals surface area contributed by atoms with Gasteiger partial charge in [-0.2, -0.15) is 0 Å². The van der Waals surface area contributed by atoms with Gasteiger partial charge in [0.15, 0.2) is 0 Å². The van der Waals surface area contributed by atoms with Crippen molar-refractivity contribution in [1.29, 1.82) is 0 Å². The van der Waals surface area contributed by atoms with Crippen LogP contribution >= 0.6 is 0 Å². The molecule has 88 valence electrons. The molecule has 0 amide bonds. The lowest BCUT2D eigenvalue weighted by atomic mass is 9.95. The number of hydrogen-bond acceptors (Lipinski definition) is 2. The Hall–Kier alpha value is -0.930. The molecule has 1 unspecified atom stereocenters. The molecule has 1 atom stereocenters. The van der Waals surface area contributed by atoms with Gasteiger partial charge < -0.3 is 10.6 Å². The third-order valence-corrected chi connectivity index (χ3v) is 3.02. The molecule has 3 heteroatoms.